The van der Waals surface area contributed by atoms with Crippen LogP contribution in [0.4, 0.5) is 5.69 Å². The zero-order valence-corrected chi connectivity index (χ0v) is 14.1. The van der Waals surface area contributed by atoms with Crippen LogP contribution < -0.4 is 10.9 Å². The van der Waals surface area contributed by atoms with Crippen molar-refractivity contribution in [3.05, 3.63) is 65.0 Å². The Balaban J connectivity index is 1.46. The molecule has 0 aliphatic carbocycles. The number of aromatic nitrogens is 3. The van der Waals surface area contributed by atoms with Crippen LogP contribution in [0.2, 0.25) is 0 Å². The number of oxazole rings is 1. The molecule has 2 aromatic heterocycles. The monoisotopic (exact) mass is 348 g/mol. The van der Waals surface area contributed by atoms with Crippen molar-refractivity contribution >= 4 is 33.6 Å². The number of hydrogen-bond donors (Lipinski definition) is 1. The van der Waals surface area contributed by atoms with Crippen LogP contribution in [0.15, 0.2) is 58.0 Å². The average Bonchev–Trinajstić information content (AvgIpc) is 3.01. The van der Waals surface area contributed by atoms with Gasteiger partial charge in [-0.3, -0.25) is 14.2 Å². The second-order valence-corrected chi connectivity index (χ2v) is 5.97. The lowest BCUT2D eigenvalue weighted by Crippen LogP contribution is -2.23. The first-order valence-electron chi connectivity index (χ1n) is 8.21. The largest absolute Gasteiger partial charge is 0.441 e. The minimum Gasteiger partial charge on any atom is -0.441 e. The molecule has 7 heteroatoms. The summed E-state index contributed by atoms with van der Waals surface area (Å²) in [5.41, 5.74) is 2.50. The summed E-state index contributed by atoms with van der Waals surface area (Å²) in [6, 6.07) is 12.4. The molecule has 0 aliphatic heterocycles. The van der Waals surface area contributed by atoms with Crippen LogP contribution in [-0.4, -0.2) is 20.4 Å². The van der Waals surface area contributed by atoms with Gasteiger partial charge in [0.05, 0.1) is 17.2 Å². The zero-order chi connectivity index (χ0) is 18.1. The molecule has 4 rings (SSSR count). The quantitative estimate of drug-likeness (QED) is 0.612. The van der Waals surface area contributed by atoms with Gasteiger partial charge in [0.2, 0.25) is 5.91 Å². The van der Waals surface area contributed by atoms with E-state index in [-0.39, 0.29) is 24.4 Å². The predicted octanol–water partition coefficient (Wildman–Crippen LogP) is 2.87. The Morgan fingerprint density at radius 1 is 1.19 bits per heavy atom. The number of hydrogen-bond acceptors (Lipinski definition) is 5. The molecule has 1 N–H and O–H groups in total. The summed E-state index contributed by atoms with van der Waals surface area (Å²) >= 11 is 0. The molecule has 0 fully saturated rings. The van der Waals surface area contributed by atoms with Crippen molar-refractivity contribution in [1.29, 1.82) is 0 Å². The Bertz CT molecular complexity index is 1180. The molecule has 0 aliphatic rings. The molecule has 2 heterocycles. The minimum absolute atomic E-state index is 0.150. The van der Waals surface area contributed by atoms with Crippen molar-refractivity contribution in [3.63, 3.8) is 0 Å². The van der Waals surface area contributed by atoms with E-state index in [4.69, 9.17) is 4.42 Å². The highest BCUT2D eigenvalue weighted by Gasteiger charge is 2.08. The number of para-hydroxylation sites is 1. The SMILES string of the molecule is Cc1nc2cc(NC(=O)CCn3cnc4ccccc4c3=O)ccc2o1. The molecule has 26 heavy (non-hydrogen) atoms. The molecule has 0 bridgehead atoms. The molecule has 0 radical (unpaired) electrons. The number of benzene rings is 2. The minimum atomic E-state index is -0.190. The topological polar surface area (TPSA) is 90.0 Å². The van der Waals surface area contributed by atoms with E-state index in [1.54, 1.807) is 43.3 Å². The highest BCUT2D eigenvalue weighted by molar-refractivity contribution is 5.92. The zero-order valence-electron chi connectivity index (χ0n) is 14.1. The van der Waals surface area contributed by atoms with E-state index in [9.17, 15) is 9.59 Å². The molecule has 0 saturated carbocycles. The number of nitrogens with one attached hydrogen (secondary N) is 1. The van der Waals surface area contributed by atoms with Crippen molar-refractivity contribution in [2.24, 2.45) is 0 Å². The summed E-state index contributed by atoms with van der Waals surface area (Å²) in [7, 11) is 0. The van der Waals surface area contributed by atoms with Gasteiger partial charge in [0.15, 0.2) is 11.5 Å². The van der Waals surface area contributed by atoms with Gasteiger partial charge in [-0.2, -0.15) is 0 Å². The number of carbonyl (C=O) groups excluding carboxylic acids is 1. The first-order chi connectivity index (χ1) is 12.6. The average molecular weight is 348 g/mol. The van der Waals surface area contributed by atoms with Gasteiger partial charge in [0.1, 0.15) is 5.52 Å². The number of rotatable bonds is 4. The van der Waals surface area contributed by atoms with Crippen molar-refractivity contribution in [3.8, 4) is 0 Å². The van der Waals surface area contributed by atoms with E-state index in [2.05, 4.69) is 15.3 Å². The lowest BCUT2D eigenvalue weighted by Gasteiger charge is -2.07. The first-order valence-corrected chi connectivity index (χ1v) is 8.21. The van der Waals surface area contributed by atoms with E-state index >= 15 is 0 Å². The standard InChI is InChI=1S/C19H16N4O3/c1-12-21-16-10-13(6-7-17(16)26-12)22-18(24)8-9-23-11-20-15-5-3-2-4-14(15)19(23)25/h2-7,10-11H,8-9H2,1H3,(H,22,24). The number of nitrogens with zero attached hydrogens (tertiary/aromatic N) is 3. The third kappa shape index (κ3) is 3.06. The lowest BCUT2D eigenvalue weighted by atomic mass is 10.2. The van der Waals surface area contributed by atoms with Gasteiger partial charge in [0, 0.05) is 25.6 Å². The maximum Gasteiger partial charge on any atom is 0.261 e. The number of fused-ring (bicyclic) bond motifs is 2. The highest BCUT2D eigenvalue weighted by atomic mass is 16.3. The second-order valence-electron chi connectivity index (χ2n) is 5.97. The van der Waals surface area contributed by atoms with Crippen LogP contribution in [0, 0.1) is 6.92 Å². The Labute approximate surface area is 148 Å². The van der Waals surface area contributed by atoms with Crippen molar-refractivity contribution in [2.75, 3.05) is 5.32 Å². The van der Waals surface area contributed by atoms with Gasteiger partial charge in [0.25, 0.3) is 5.56 Å². The van der Waals surface area contributed by atoms with E-state index in [1.165, 1.54) is 10.9 Å². The fourth-order valence-electron chi connectivity index (χ4n) is 2.83. The number of aryl methyl sites for hydroxylation is 2. The fraction of sp³-hybridized carbons (Fsp3) is 0.158. The van der Waals surface area contributed by atoms with Crippen molar-refractivity contribution in [1.82, 2.24) is 14.5 Å². The molecule has 1 amide bonds. The third-order valence-corrected chi connectivity index (χ3v) is 4.09. The maximum atomic E-state index is 12.4. The van der Waals surface area contributed by atoms with Crippen molar-refractivity contribution < 1.29 is 9.21 Å². The Morgan fingerprint density at radius 2 is 2.04 bits per heavy atom. The summed E-state index contributed by atoms with van der Waals surface area (Å²) in [6.45, 7) is 2.03. The Hall–Kier alpha value is -3.48. The molecule has 130 valence electrons. The van der Waals surface area contributed by atoms with Crippen LogP contribution in [0.25, 0.3) is 22.0 Å². The van der Waals surface area contributed by atoms with Crippen LogP contribution in [-0.2, 0) is 11.3 Å². The maximum absolute atomic E-state index is 12.4. The van der Waals surface area contributed by atoms with Crippen LogP contribution in [0.3, 0.4) is 0 Å². The first kappa shape index (κ1) is 16.0. The van der Waals surface area contributed by atoms with Gasteiger partial charge in [-0.05, 0) is 30.3 Å². The molecule has 2 aromatic carbocycles. The van der Waals surface area contributed by atoms with Gasteiger partial charge in [-0.15, -0.1) is 0 Å². The van der Waals surface area contributed by atoms with Crippen molar-refractivity contribution in [2.45, 2.75) is 19.9 Å². The smallest absolute Gasteiger partial charge is 0.261 e. The Morgan fingerprint density at radius 3 is 2.92 bits per heavy atom. The summed E-state index contributed by atoms with van der Waals surface area (Å²) < 4.78 is 6.86. The van der Waals surface area contributed by atoms with E-state index in [0.717, 1.165) is 0 Å². The molecule has 4 aromatic rings. The molecule has 7 nitrogen and oxygen atoms in total. The van der Waals surface area contributed by atoms with E-state index in [0.29, 0.717) is 33.6 Å². The summed E-state index contributed by atoms with van der Waals surface area (Å²) in [5.74, 6) is 0.385. The molecule has 0 saturated heterocycles. The second kappa shape index (κ2) is 6.44. The third-order valence-electron chi connectivity index (χ3n) is 4.09. The number of anilines is 1. The Kier molecular flexibility index (Phi) is 3.96. The normalized spacial score (nSPS) is 11.1. The summed E-state index contributed by atoms with van der Waals surface area (Å²) in [6.07, 6.45) is 1.64. The molecule has 0 atom stereocenters. The highest BCUT2D eigenvalue weighted by Crippen LogP contribution is 2.19. The fourth-order valence-corrected chi connectivity index (χ4v) is 2.83. The lowest BCUT2D eigenvalue weighted by molar-refractivity contribution is -0.116. The molecule has 0 unspecified atom stereocenters. The number of amides is 1. The number of carbonyl (C=O) groups is 1. The van der Waals surface area contributed by atoms with E-state index < -0.39 is 0 Å². The predicted molar refractivity (Wildman–Crippen MR) is 98.0 cm³/mol. The molecule has 0 spiro atoms. The van der Waals surface area contributed by atoms with Crippen LogP contribution in [0.1, 0.15) is 12.3 Å². The van der Waals surface area contributed by atoms with Gasteiger partial charge >= 0.3 is 0 Å². The van der Waals surface area contributed by atoms with Gasteiger partial charge in [-0.25, -0.2) is 9.97 Å². The summed E-state index contributed by atoms with van der Waals surface area (Å²) in [5, 5.41) is 3.36. The van der Waals surface area contributed by atoms with Crippen LogP contribution >= 0.6 is 0 Å². The summed E-state index contributed by atoms with van der Waals surface area (Å²) in [4.78, 5) is 33.1. The van der Waals surface area contributed by atoms with Gasteiger partial charge < -0.3 is 9.73 Å². The molecular weight excluding hydrogens is 332 g/mol. The van der Waals surface area contributed by atoms with Gasteiger partial charge in [-0.1, -0.05) is 12.1 Å². The van der Waals surface area contributed by atoms with E-state index in [1.807, 2.05) is 6.07 Å². The van der Waals surface area contributed by atoms with Crippen LogP contribution in [0.5, 0.6) is 0 Å². The molecular formula is C19H16N4O3.